The van der Waals surface area contributed by atoms with Crippen LogP contribution in [-0.2, 0) is 4.79 Å². The molecule has 2 aromatic carbocycles. The van der Waals surface area contributed by atoms with Gasteiger partial charge in [0.2, 0.25) is 0 Å². The van der Waals surface area contributed by atoms with Gasteiger partial charge in [0, 0.05) is 17.4 Å². The minimum atomic E-state index is -1.28. The highest BCUT2D eigenvalue weighted by Crippen LogP contribution is 2.24. The Kier molecular flexibility index (Phi) is 6.06. The molecule has 2 rings (SSSR count). The minimum Gasteiger partial charge on any atom is -0.550 e. The number of benzene rings is 2. The molecule has 126 valence electrons. The lowest BCUT2D eigenvalue weighted by molar-refractivity contribution is -0.306. The summed E-state index contributed by atoms with van der Waals surface area (Å²) < 4.78 is 5.06. The van der Waals surface area contributed by atoms with Crippen LogP contribution in [-0.4, -0.2) is 19.0 Å². The summed E-state index contributed by atoms with van der Waals surface area (Å²) in [6, 6.07) is 10.4. The molecule has 1 amide bonds. The Bertz CT molecular complexity index is 747. The molecule has 1 atom stereocenters. The maximum atomic E-state index is 12.4. The molecular formula is C17H14Cl2NO4-. The summed E-state index contributed by atoms with van der Waals surface area (Å²) in [5.74, 6) is -1.16. The predicted octanol–water partition coefficient (Wildman–Crippen LogP) is 2.61. The van der Waals surface area contributed by atoms with E-state index >= 15 is 0 Å². The van der Waals surface area contributed by atoms with Crippen LogP contribution in [0.5, 0.6) is 5.75 Å². The molecule has 0 saturated heterocycles. The molecule has 0 aliphatic carbocycles. The zero-order valence-electron chi connectivity index (χ0n) is 12.7. The number of carbonyl (C=O) groups excluding carboxylic acids is 2. The lowest BCUT2D eigenvalue weighted by atomic mass is 10.0. The van der Waals surface area contributed by atoms with Crippen LogP contribution in [0.2, 0.25) is 10.0 Å². The first-order valence-electron chi connectivity index (χ1n) is 7.00. The fourth-order valence-corrected chi connectivity index (χ4v) is 2.66. The van der Waals surface area contributed by atoms with Gasteiger partial charge in [0.1, 0.15) is 5.75 Å². The van der Waals surface area contributed by atoms with Crippen LogP contribution in [0.3, 0.4) is 0 Å². The molecule has 1 N–H and O–H groups in total. The maximum Gasteiger partial charge on any atom is 0.253 e. The molecule has 0 spiro atoms. The largest absolute Gasteiger partial charge is 0.550 e. The van der Waals surface area contributed by atoms with Gasteiger partial charge in [-0.05, 0) is 35.9 Å². The number of methoxy groups -OCH3 is 1. The average molecular weight is 367 g/mol. The lowest BCUT2D eigenvalue weighted by Crippen LogP contribution is -2.34. The van der Waals surface area contributed by atoms with Crippen molar-refractivity contribution in [2.24, 2.45) is 0 Å². The highest BCUT2D eigenvalue weighted by Gasteiger charge is 2.18. The molecule has 0 fully saturated rings. The lowest BCUT2D eigenvalue weighted by Gasteiger charge is -2.20. The fraction of sp³-hybridized carbons (Fsp3) is 0.176. The SMILES string of the molecule is COc1ccc([C@@H](CC(=O)[O-])NC(=O)c2ccc(Cl)cc2Cl)cc1. The minimum absolute atomic E-state index is 0.182. The van der Waals surface area contributed by atoms with Gasteiger partial charge in [0.25, 0.3) is 5.91 Å². The summed E-state index contributed by atoms with van der Waals surface area (Å²) >= 11 is 11.8. The Morgan fingerprint density at radius 2 is 1.83 bits per heavy atom. The van der Waals surface area contributed by atoms with Crippen molar-refractivity contribution in [3.8, 4) is 5.75 Å². The molecule has 2 aromatic rings. The number of carboxylic acids is 1. The van der Waals surface area contributed by atoms with Crippen LogP contribution in [0.4, 0.5) is 0 Å². The number of halogens is 2. The van der Waals surface area contributed by atoms with Gasteiger partial charge in [-0.3, -0.25) is 4.79 Å². The van der Waals surface area contributed by atoms with Crippen molar-refractivity contribution in [2.45, 2.75) is 12.5 Å². The quantitative estimate of drug-likeness (QED) is 0.851. The molecule has 0 aromatic heterocycles. The maximum absolute atomic E-state index is 12.4. The molecule has 0 aliphatic rings. The van der Waals surface area contributed by atoms with E-state index in [0.717, 1.165) is 0 Å². The summed E-state index contributed by atoms with van der Waals surface area (Å²) in [7, 11) is 1.53. The first-order valence-corrected chi connectivity index (χ1v) is 7.76. The van der Waals surface area contributed by atoms with Crippen LogP contribution < -0.4 is 15.2 Å². The second-order valence-electron chi connectivity index (χ2n) is 5.00. The van der Waals surface area contributed by atoms with Gasteiger partial charge in [-0.15, -0.1) is 0 Å². The molecule has 0 radical (unpaired) electrons. The van der Waals surface area contributed by atoms with Crippen molar-refractivity contribution in [3.05, 3.63) is 63.6 Å². The van der Waals surface area contributed by atoms with Crippen LogP contribution in [0.15, 0.2) is 42.5 Å². The Balaban J connectivity index is 2.24. The number of aliphatic carboxylic acids is 1. The van der Waals surface area contributed by atoms with Crippen LogP contribution >= 0.6 is 23.2 Å². The molecule has 5 nitrogen and oxygen atoms in total. The van der Waals surface area contributed by atoms with Crippen molar-refractivity contribution in [3.63, 3.8) is 0 Å². The molecule has 7 heteroatoms. The van der Waals surface area contributed by atoms with E-state index in [1.165, 1.54) is 25.3 Å². The number of rotatable bonds is 6. The summed E-state index contributed by atoms with van der Waals surface area (Å²) in [5, 5.41) is 14.2. The number of carboxylic acid groups (broad SMARTS) is 1. The standard InChI is InChI=1S/C17H15Cl2NO4/c1-24-12-5-2-10(3-6-12)15(9-16(21)22)20-17(23)13-7-4-11(18)8-14(13)19/h2-8,15H,9H2,1H3,(H,20,23)(H,21,22)/p-1/t15-/m1/s1. The van der Waals surface area contributed by atoms with E-state index < -0.39 is 17.9 Å². The highest BCUT2D eigenvalue weighted by atomic mass is 35.5. The van der Waals surface area contributed by atoms with E-state index in [-0.39, 0.29) is 17.0 Å². The second-order valence-corrected chi connectivity index (χ2v) is 5.84. The number of nitrogens with one attached hydrogen (secondary N) is 1. The summed E-state index contributed by atoms with van der Waals surface area (Å²) in [6.07, 6.45) is -0.372. The fourth-order valence-electron chi connectivity index (χ4n) is 2.16. The van der Waals surface area contributed by atoms with Crippen LogP contribution in [0.1, 0.15) is 28.4 Å². The van der Waals surface area contributed by atoms with Crippen molar-refractivity contribution in [2.75, 3.05) is 7.11 Å². The third-order valence-corrected chi connectivity index (χ3v) is 3.92. The summed E-state index contributed by atoms with van der Waals surface area (Å²) in [4.78, 5) is 23.4. The predicted molar refractivity (Wildman–Crippen MR) is 89.3 cm³/mol. The van der Waals surface area contributed by atoms with Crippen LogP contribution in [0, 0.1) is 0 Å². The molecule has 0 unspecified atom stereocenters. The first-order chi connectivity index (χ1) is 11.4. The normalized spacial score (nSPS) is 11.6. The first kappa shape index (κ1) is 18.1. The zero-order valence-corrected chi connectivity index (χ0v) is 14.2. The number of carbonyl (C=O) groups is 2. The Labute approximate surface area is 149 Å². The van der Waals surface area contributed by atoms with Gasteiger partial charge in [0.15, 0.2) is 0 Å². The second kappa shape index (κ2) is 8.04. The Hall–Kier alpha value is -2.24. The highest BCUT2D eigenvalue weighted by molar-refractivity contribution is 6.36. The van der Waals surface area contributed by atoms with Gasteiger partial charge in [0.05, 0.1) is 23.7 Å². The molecule has 0 heterocycles. The van der Waals surface area contributed by atoms with E-state index in [9.17, 15) is 14.7 Å². The Morgan fingerprint density at radius 3 is 2.38 bits per heavy atom. The molecule has 0 bridgehead atoms. The van der Waals surface area contributed by atoms with E-state index in [4.69, 9.17) is 27.9 Å². The number of hydrogen-bond acceptors (Lipinski definition) is 4. The molecule has 24 heavy (non-hydrogen) atoms. The van der Waals surface area contributed by atoms with Crippen molar-refractivity contribution in [1.82, 2.24) is 5.32 Å². The molecule has 0 aliphatic heterocycles. The van der Waals surface area contributed by atoms with E-state index in [1.54, 1.807) is 24.3 Å². The number of hydrogen-bond donors (Lipinski definition) is 1. The van der Waals surface area contributed by atoms with Gasteiger partial charge in [-0.2, -0.15) is 0 Å². The molecular weight excluding hydrogens is 353 g/mol. The monoisotopic (exact) mass is 366 g/mol. The number of ether oxygens (including phenoxy) is 1. The van der Waals surface area contributed by atoms with Crippen molar-refractivity contribution < 1.29 is 19.4 Å². The topological polar surface area (TPSA) is 78.5 Å². The average Bonchev–Trinajstić information content (AvgIpc) is 2.53. The summed E-state index contributed by atoms with van der Waals surface area (Å²) in [5.41, 5.74) is 0.816. The zero-order chi connectivity index (χ0) is 17.7. The summed E-state index contributed by atoms with van der Waals surface area (Å²) in [6.45, 7) is 0. The van der Waals surface area contributed by atoms with E-state index in [2.05, 4.69) is 5.32 Å². The van der Waals surface area contributed by atoms with E-state index in [1.807, 2.05) is 0 Å². The van der Waals surface area contributed by atoms with Crippen LogP contribution in [0.25, 0.3) is 0 Å². The van der Waals surface area contributed by atoms with E-state index in [0.29, 0.717) is 16.3 Å². The van der Waals surface area contributed by atoms with Gasteiger partial charge >= 0.3 is 0 Å². The van der Waals surface area contributed by atoms with Gasteiger partial charge in [-0.1, -0.05) is 35.3 Å². The number of amides is 1. The third kappa shape index (κ3) is 4.63. The Morgan fingerprint density at radius 1 is 1.17 bits per heavy atom. The van der Waals surface area contributed by atoms with Crippen molar-refractivity contribution >= 4 is 35.1 Å². The molecule has 0 saturated carbocycles. The third-order valence-electron chi connectivity index (χ3n) is 3.37. The van der Waals surface area contributed by atoms with Gasteiger partial charge < -0.3 is 20.0 Å². The van der Waals surface area contributed by atoms with Gasteiger partial charge in [-0.25, -0.2) is 0 Å². The smallest absolute Gasteiger partial charge is 0.253 e. The van der Waals surface area contributed by atoms with Crippen molar-refractivity contribution in [1.29, 1.82) is 0 Å².